The average molecular weight is 348 g/mol. The first kappa shape index (κ1) is 18.1. The van der Waals surface area contributed by atoms with Crippen LogP contribution < -0.4 is 14.8 Å². The van der Waals surface area contributed by atoms with E-state index >= 15 is 0 Å². The van der Waals surface area contributed by atoms with Crippen LogP contribution in [0.1, 0.15) is 19.4 Å². The van der Waals surface area contributed by atoms with Crippen LogP contribution in [0, 0.1) is 6.92 Å². The van der Waals surface area contributed by atoms with E-state index < -0.39 is 6.10 Å². The molecule has 2 aromatic rings. The molecule has 0 aliphatic heterocycles. The highest BCUT2D eigenvalue weighted by atomic mass is 35.5. The van der Waals surface area contributed by atoms with E-state index in [1.54, 1.807) is 19.1 Å². The Labute approximate surface area is 147 Å². The number of carbonyl (C=O) groups excluding carboxylic acids is 1. The second kappa shape index (κ2) is 8.60. The molecule has 0 unspecified atom stereocenters. The number of hydrogen-bond acceptors (Lipinski definition) is 3. The van der Waals surface area contributed by atoms with Crippen molar-refractivity contribution in [2.75, 3.05) is 6.61 Å². The molecule has 0 saturated carbocycles. The number of rotatable bonds is 7. The summed E-state index contributed by atoms with van der Waals surface area (Å²) in [6.45, 7) is 5.97. The van der Waals surface area contributed by atoms with Crippen molar-refractivity contribution in [2.45, 2.75) is 32.9 Å². The van der Waals surface area contributed by atoms with E-state index in [9.17, 15) is 4.79 Å². The molecule has 0 aliphatic rings. The fraction of sp³-hybridized carbons (Fsp3) is 0.316. The Kier molecular flexibility index (Phi) is 6.50. The normalized spacial score (nSPS) is 13.0. The van der Waals surface area contributed by atoms with Gasteiger partial charge in [-0.25, -0.2) is 0 Å². The third-order valence-corrected chi connectivity index (χ3v) is 3.73. The Bertz CT molecular complexity index is 673. The summed E-state index contributed by atoms with van der Waals surface area (Å²) < 4.78 is 11.3. The van der Waals surface area contributed by atoms with Crippen LogP contribution in [0.15, 0.2) is 48.5 Å². The minimum absolute atomic E-state index is 0.143. The number of hydrogen-bond donors (Lipinski definition) is 1. The van der Waals surface area contributed by atoms with Crippen molar-refractivity contribution in [1.82, 2.24) is 5.32 Å². The summed E-state index contributed by atoms with van der Waals surface area (Å²) in [6.07, 6.45) is -0.647. The maximum absolute atomic E-state index is 12.2. The summed E-state index contributed by atoms with van der Waals surface area (Å²) in [5.41, 5.74) is 1.18. The van der Waals surface area contributed by atoms with Crippen LogP contribution in [0.25, 0.3) is 0 Å². The van der Waals surface area contributed by atoms with Gasteiger partial charge in [-0.2, -0.15) is 0 Å². The van der Waals surface area contributed by atoms with Gasteiger partial charge < -0.3 is 14.8 Å². The molecule has 24 heavy (non-hydrogen) atoms. The highest BCUT2D eigenvalue weighted by Gasteiger charge is 2.18. The van der Waals surface area contributed by atoms with Crippen LogP contribution in [0.4, 0.5) is 0 Å². The zero-order valence-electron chi connectivity index (χ0n) is 14.1. The van der Waals surface area contributed by atoms with Gasteiger partial charge in [0.15, 0.2) is 6.10 Å². The average Bonchev–Trinajstić information content (AvgIpc) is 2.56. The number of benzene rings is 2. The molecule has 0 spiro atoms. The molecule has 1 N–H and O–H groups in total. The molecule has 0 aromatic heterocycles. The van der Waals surface area contributed by atoms with Gasteiger partial charge in [-0.05, 0) is 45.0 Å². The molecule has 1 amide bonds. The van der Waals surface area contributed by atoms with Crippen molar-refractivity contribution >= 4 is 17.5 Å². The van der Waals surface area contributed by atoms with Crippen LogP contribution in [0.3, 0.4) is 0 Å². The van der Waals surface area contributed by atoms with Crippen molar-refractivity contribution in [3.63, 3.8) is 0 Å². The van der Waals surface area contributed by atoms with Crippen molar-refractivity contribution in [3.05, 3.63) is 59.1 Å². The van der Waals surface area contributed by atoms with Gasteiger partial charge in [-0.15, -0.1) is 0 Å². The third-order valence-electron chi connectivity index (χ3n) is 3.42. The van der Waals surface area contributed by atoms with Gasteiger partial charge in [0.1, 0.15) is 18.1 Å². The van der Waals surface area contributed by atoms with E-state index in [1.807, 2.05) is 50.2 Å². The molecule has 0 fully saturated rings. The summed E-state index contributed by atoms with van der Waals surface area (Å²) in [6, 6.07) is 14.7. The second-order valence-corrected chi connectivity index (χ2v) is 6.13. The number of carbonyl (C=O) groups is 1. The fourth-order valence-electron chi connectivity index (χ4n) is 2.04. The van der Waals surface area contributed by atoms with Crippen LogP contribution in [0.2, 0.25) is 5.02 Å². The van der Waals surface area contributed by atoms with E-state index in [2.05, 4.69) is 5.32 Å². The van der Waals surface area contributed by atoms with Gasteiger partial charge in [0.25, 0.3) is 5.91 Å². The Morgan fingerprint density at radius 1 is 1.12 bits per heavy atom. The Balaban J connectivity index is 1.80. The molecule has 0 bridgehead atoms. The monoisotopic (exact) mass is 347 g/mol. The topological polar surface area (TPSA) is 47.6 Å². The van der Waals surface area contributed by atoms with Crippen molar-refractivity contribution in [1.29, 1.82) is 0 Å². The molecule has 0 aliphatic carbocycles. The standard InChI is InChI=1S/C19H22ClNO3/c1-13-8-10-16(11-9-13)23-12-14(2)21-19(22)15(3)24-18-7-5-4-6-17(18)20/h4-11,14-15H,12H2,1-3H3,(H,21,22)/t14-,15-/m0/s1. The molecule has 0 radical (unpaired) electrons. The van der Waals surface area contributed by atoms with E-state index in [0.29, 0.717) is 17.4 Å². The molecule has 5 heteroatoms. The number of nitrogens with one attached hydrogen (secondary N) is 1. The molecule has 4 nitrogen and oxygen atoms in total. The van der Waals surface area contributed by atoms with E-state index in [0.717, 1.165) is 5.75 Å². The zero-order chi connectivity index (χ0) is 17.5. The highest BCUT2D eigenvalue weighted by molar-refractivity contribution is 6.32. The molecule has 2 rings (SSSR count). The van der Waals surface area contributed by atoms with Crippen molar-refractivity contribution in [2.24, 2.45) is 0 Å². The molecular weight excluding hydrogens is 326 g/mol. The second-order valence-electron chi connectivity index (χ2n) is 5.72. The minimum atomic E-state index is -0.647. The van der Waals surface area contributed by atoms with Crippen molar-refractivity contribution < 1.29 is 14.3 Å². The quantitative estimate of drug-likeness (QED) is 0.823. The maximum atomic E-state index is 12.2. The summed E-state index contributed by atoms with van der Waals surface area (Å²) in [4.78, 5) is 12.2. The number of ether oxygens (including phenoxy) is 2. The van der Waals surface area contributed by atoms with Gasteiger partial charge >= 0.3 is 0 Å². The maximum Gasteiger partial charge on any atom is 0.261 e. The fourth-order valence-corrected chi connectivity index (χ4v) is 2.22. The molecule has 2 atom stereocenters. The van der Waals surface area contributed by atoms with Crippen LogP contribution in [0.5, 0.6) is 11.5 Å². The number of amides is 1. The van der Waals surface area contributed by atoms with Crippen LogP contribution in [-0.4, -0.2) is 24.7 Å². The van der Waals surface area contributed by atoms with E-state index in [4.69, 9.17) is 21.1 Å². The lowest BCUT2D eigenvalue weighted by Gasteiger charge is -2.19. The van der Waals surface area contributed by atoms with Crippen LogP contribution in [-0.2, 0) is 4.79 Å². The Hall–Kier alpha value is -2.20. The number of aryl methyl sites for hydroxylation is 1. The highest BCUT2D eigenvalue weighted by Crippen LogP contribution is 2.24. The predicted molar refractivity (Wildman–Crippen MR) is 95.8 cm³/mol. The zero-order valence-corrected chi connectivity index (χ0v) is 14.8. The lowest BCUT2D eigenvalue weighted by atomic mass is 10.2. The summed E-state index contributed by atoms with van der Waals surface area (Å²) in [7, 11) is 0. The van der Waals surface area contributed by atoms with Gasteiger partial charge in [-0.1, -0.05) is 41.4 Å². The summed E-state index contributed by atoms with van der Waals surface area (Å²) in [5.74, 6) is 1.06. The molecular formula is C19H22ClNO3. The summed E-state index contributed by atoms with van der Waals surface area (Å²) in [5, 5.41) is 3.35. The van der Waals surface area contributed by atoms with Crippen LogP contribution >= 0.6 is 11.6 Å². The van der Waals surface area contributed by atoms with Crippen molar-refractivity contribution in [3.8, 4) is 11.5 Å². The first-order valence-electron chi connectivity index (χ1n) is 7.86. The van der Waals surface area contributed by atoms with Gasteiger partial charge in [0, 0.05) is 0 Å². The summed E-state index contributed by atoms with van der Waals surface area (Å²) >= 11 is 6.03. The SMILES string of the molecule is Cc1ccc(OC[C@H](C)NC(=O)[C@H](C)Oc2ccccc2Cl)cc1. The molecule has 0 heterocycles. The van der Waals surface area contributed by atoms with Gasteiger partial charge in [-0.3, -0.25) is 4.79 Å². The molecule has 0 saturated heterocycles. The predicted octanol–water partition coefficient (Wildman–Crippen LogP) is 4.00. The van der Waals surface area contributed by atoms with Gasteiger partial charge in [0.2, 0.25) is 0 Å². The van der Waals surface area contributed by atoms with E-state index in [-0.39, 0.29) is 11.9 Å². The lowest BCUT2D eigenvalue weighted by molar-refractivity contribution is -0.128. The first-order valence-corrected chi connectivity index (χ1v) is 8.24. The Morgan fingerprint density at radius 2 is 1.79 bits per heavy atom. The minimum Gasteiger partial charge on any atom is -0.491 e. The van der Waals surface area contributed by atoms with E-state index in [1.165, 1.54) is 5.56 Å². The molecule has 2 aromatic carbocycles. The largest absolute Gasteiger partial charge is 0.491 e. The number of para-hydroxylation sites is 1. The van der Waals surface area contributed by atoms with Gasteiger partial charge in [0.05, 0.1) is 11.1 Å². The smallest absolute Gasteiger partial charge is 0.261 e. The third kappa shape index (κ3) is 5.46. The Morgan fingerprint density at radius 3 is 2.46 bits per heavy atom. The lowest BCUT2D eigenvalue weighted by Crippen LogP contribution is -2.43. The first-order chi connectivity index (χ1) is 11.5. The number of halogens is 1. The molecule has 128 valence electrons.